The van der Waals surface area contributed by atoms with Gasteiger partial charge in [-0.15, -0.1) is 0 Å². The van der Waals surface area contributed by atoms with Crippen LogP contribution in [-0.2, 0) is 0 Å². The van der Waals surface area contributed by atoms with Crippen LogP contribution >= 0.6 is 0 Å². The van der Waals surface area contributed by atoms with E-state index in [-0.39, 0.29) is 0 Å². The van der Waals surface area contributed by atoms with E-state index >= 15 is 0 Å². The van der Waals surface area contributed by atoms with Gasteiger partial charge >= 0.3 is 0 Å². The van der Waals surface area contributed by atoms with Gasteiger partial charge in [-0.05, 0) is 33.2 Å². The second kappa shape index (κ2) is 4.83. The Bertz CT molecular complexity index is 123. The maximum atomic E-state index is 3.57. The van der Waals surface area contributed by atoms with Crippen molar-refractivity contribution in [2.24, 2.45) is 0 Å². The zero-order valence-corrected chi connectivity index (χ0v) is 8.64. The third-order valence-corrected chi connectivity index (χ3v) is 2.82. The molecule has 0 aromatic carbocycles. The van der Waals surface area contributed by atoms with Gasteiger partial charge in [0.1, 0.15) is 0 Å². The molecule has 0 bridgehead atoms. The molecule has 72 valence electrons. The molecule has 1 atom stereocenters. The summed E-state index contributed by atoms with van der Waals surface area (Å²) in [6.07, 6.45) is 2.58. The molecule has 0 aromatic heterocycles. The van der Waals surface area contributed by atoms with Crippen molar-refractivity contribution in [3.05, 3.63) is 0 Å². The van der Waals surface area contributed by atoms with Gasteiger partial charge in [0, 0.05) is 25.2 Å². The largest absolute Gasteiger partial charge is 0.313 e. The molecule has 2 heteroatoms. The van der Waals surface area contributed by atoms with Crippen LogP contribution < -0.4 is 5.32 Å². The van der Waals surface area contributed by atoms with Gasteiger partial charge in [-0.2, -0.15) is 0 Å². The maximum absolute atomic E-state index is 3.57. The number of rotatable bonds is 2. The van der Waals surface area contributed by atoms with Crippen LogP contribution in [-0.4, -0.2) is 36.6 Å². The Labute approximate surface area is 76.3 Å². The molecule has 0 radical (unpaired) electrons. The van der Waals surface area contributed by atoms with Crippen molar-refractivity contribution < 1.29 is 0 Å². The van der Waals surface area contributed by atoms with E-state index < -0.39 is 0 Å². The SMILES string of the molecule is CCC1CCN(C(C)C)CCN1. The predicted octanol–water partition coefficient (Wildman–Crippen LogP) is 1.47. The summed E-state index contributed by atoms with van der Waals surface area (Å²) in [5.41, 5.74) is 0. The van der Waals surface area contributed by atoms with Crippen molar-refractivity contribution in [2.45, 2.75) is 45.7 Å². The van der Waals surface area contributed by atoms with E-state index in [1.54, 1.807) is 0 Å². The van der Waals surface area contributed by atoms with E-state index in [0.29, 0.717) is 6.04 Å². The Morgan fingerprint density at radius 2 is 2.17 bits per heavy atom. The first kappa shape index (κ1) is 10.0. The monoisotopic (exact) mass is 170 g/mol. The first-order valence-electron chi connectivity index (χ1n) is 5.21. The number of nitrogens with zero attached hydrogens (tertiary/aromatic N) is 1. The highest BCUT2D eigenvalue weighted by atomic mass is 15.2. The van der Waals surface area contributed by atoms with Crippen molar-refractivity contribution in [1.29, 1.82) is 0 Å². The molecule has 1 heterocycles. The molecule has 2 nitrogen and oxygen atoms in total. The minimum atomic E-state index is 0.711. The predicted molar refractivity (Wildman–Crippen MR) is 53.4 cm³/mol. The Morgan fingerprint density at radius 3 is 2.75 bits per heavy atom. The van der Waals surface area contributed by atoms with E-state index in [4.69, 9.17) is 0 Å². The zero-order chi connectivity index (χ0) is 8.97. The Hall–Kier alpha value is -0.0800. The fourth-order valence-corrected chi connectivity index (χ4v) is 1.81. The lowest BCUT2D eigenvalue weighted by molar-refractivity contribution is 0.235. The zero-order valence-electron chi connectivity index (χ0n) is 8.64. The van der Waals surface area contributed by atoms with Crippen molar-refractivity contribution in [1.82, 2.24) is 10.2 Å². The first-order valence-corrected chi connectivity index (χ1v) is 5.21. The number of hydrogen-bond donors (Lipinski definition) is 1. The van der Waals surface area contributed by atoms with Crippen LogP contribution in [0.2, 0.25) is 0 Å². The van der Waals surface area contributed by atoms with Gasteiger partial charge in [0.05, 0.1) is 0 Å². The van der Waals surface area contributed by atoms with Crippen molar-refractivity contribution >= 4 is 0 Å². The maximum Gasteiger partial charge on any atom is 0.0110 e. The van der Waals surface area contributed by atoms with E-state index in [2.05, 4.69) is 31.0 Å². The Balaban J connectivity index is 2.34. The quantitative estimate of drug-likeness (QED) is 0.675. The van der Waals surface area contributed by atoms with Crippen LogP contribution in [0.3, 0.4) is 0 Å². The van der Waals surface area contributed by atoms with Crippen LogP contribution in [0.25, 0.3) is 0 Å². The summed E-state index contributed by atoms with van der Waals surface area (Å²) in [6, 6.07) is 1.47. The van der Waals surface area contributed by atoms with Crippen molar-refractivity contribution in [3.63, 3.8) is 0 Å². The Kier molecular flexibility index (Phi) is 4.02. The Morgan fingerprint density at radius 1 is 1.42 bits per heavy atom. The molecule has 1 unspecified atom stereocenters. The summed E-state index contributed by atoms with van der Waals surface area (Å²) in [4.78, 5) is 2.56. The molecule has 1 aliphatic heterocycles. The minimum Gasteiger partial charge on any atom is -0.313 e. The summed E-state index contributed by atoms with van der Waals surface area (Å²) in [5.74, 6) is 0. The smallest absolute Gasteiger partial charge is 0.0110 e. The molecule has 12 heavy (non-hydrogen) atoms. The molecule has 1 N–H and O–H groups in total. The lowest BCUT2D eigenvalue weighted by atomic mass is 10.1. The topological polar surface area (TPSA) is 15.3 Å². The average molecular weight is 170 g/mol. The summed E-state index contributed by atoms with van der Waals surface area (Å²) in [6.45, 7) is 10.5. The van der Waals surface area contributed by atoms with E-state index in [1.807, 2.05) is 0 Å². The fourth-order valence-electron chi connectivity index (χ4n) is 1.81. The molecule has 0 aromatic rings. The average Bonchev–Trinajstić information content (AvgIpc) is 2.28. The van der Waals surface area contributed by atoms with Gasteiger partial charge in [-0.25, -0.2) is 0 Å². The molecule has 1 saturated heterocycles. The number of hydrogen-bond acceptors (Lipinski definition) is 2. The standard InChI is InChI=1S/C10H22N2/c1-4-10-5-7-12(9(2)3)8-6-11-10/h9-11H,4-8H2,1-3H3. The second-order valence-electron chi connectivity index (χ2n) is 3.98. The lowest BCUT2D eigenvalue weighted by Crippen LogP contribution is -2.34. The lowest BCUT2D eigenvalue weighted by Gasteiger charge is -2.23. The van der Waals surface area contributed by atoms with Gasteiger partial charge in [-0.1, -0.05) is 6.92 Å². The third-order valence-electron chi connectivity index (χ3n) is 2.82. The summed E-state index contributed by atoms with van der Waals surface area (Å²) in [5, 5.41) is 3.57. The number of nitrogens with one attached hydrogen (secondary N) is 1. The highest BCUT2D eigenvalue weighted by molar-refractivity contribution is 4.75. The molecular formula is C10H22N2. The van der Waals surface area contributed by atoms with Gasteiger partial charge in [0.25, 0.3) is 0 Å². The normalized spacial score (nSPS) is 27.5. The van der Waals surface area contributed by atoms with E-state index in [1.165, 1.54) is 25.9 Å². The first-order chi connectivity index (χ1) is 5.74. The highest BCUT2D eigenvalue weighted by Gasteiger charge is 2.16. The van der Waals surface area contributed by atoms with Crippen LogP contribution in [0.15, 0.2) is 0 Å². The van der Waals surface area contributed by atoms with E-state index in [0.717, 1.165) is 12.6 Å². The van der Waals surface area contributed by atoms with Crippen LogP contribution in [0, 0.1) is 0 Å². The van der Waals surface area contributed by atoms with Gasteiger partial charge in [0.2, 0.25) is 0 Å². The van der Waals surface area contributed by atoms with Crippen LogP contribution in [0.5, 0.6) is 0 Å². The van der Waals surface area contributed by atoms with Gasteiger partial charge in [-0.3, -0.25) is 4.90 Å². The molecule has 0 spiro atoms. The molecular weight excluding hydrogens is 148 g/mol. The fraction of sp³-hybridized carbons (Fsp3) is 1.00. The van der Waals surface area contributed by atoms with Gasteiger partial charge in [0.15, 0.2) is 0 Å². The summed E-state index contributed by atoms with van der Waals surface area (Å²) < 4.78 is 0. The third kappa shape index (κ3) is 2.76. The molecule has 1 rings (SSSR count). The van der Waals surface area contributed by atoms with Crippen LogP contribution in [0.1, 0.15) is 33.6 Å². The van der Waals surface area contributed by atoms with Crippen LogP contribution in [0.4, 0.5) is 0 Å². The summed E-state index contributed by atoms with van der Waals surface area (Å²) in [7, 11) is 0. The molecule has 1 aliphatic rings. The van der Waals surface area contributed by atoms with Crippen molar-refractivity contribution in [3.8, 4) is 0 Å². The van der Waals surface area contributed by atoms with Gasteiger partial charge < -0.3 is 5.32 Å². The molecule has 1 fully saturated rings. The molecule has 0 saturated carbocycles. The summed E-state index contributed by atoms with van der Waals surface area (Å²) >= 11 is 0. The molecule has 0 aliphatic carbocycles. The highest BCUT2D eigenvalue weighted by Crippen LogP contribution is 2.07. The second-order valence-corrected chi connectivity index (χ2v) is 3.98. The van der Waals surface area contributed by atoms with Crippen molar-refractivity contribution in [2.75, 3.05) is 19.6 Å². The van der Waals surface area contributed by atoms with E-state index in [9.17, 15) is 0 Å². The molecule has 0 amide bonds. The minimum absolute atomic E-state index is 0.711.